The Bertz CT molecular complexity index is 602. The van der Waals surface area contributed by atoms with Gasteiger partial charge in [-0.25, -0.2) is 4.98 Å². The lowest BCUT2D eigenvalue weighted by atomic mass is 10.1. The van der Waals surface area contributed by atoms with Crippen molar-refractivity contribution in [3.05, 3.63) is 33.0 Å². The van der Waals surface area contributed by atoms with Crippen LogP contribution in [0, 0.1) is 20.8 Å². The SMILES string of the molecule is Cc1nc([C@H](C)NC(=O)CCc2n[nH]c(C)c2C)cs1. The van der Waals surface area contributed by atoms with Gasteiger partial charge in [0.15, 0.2) is 0 Å². The highest BCUT2D eigenvalue weighted by Gasteiger charge is 2.13. The Morgan fingerprint density at radius 1 is 1.45 bits per heavy atom. The molecule has 0 fully saturated rings. The number of carbonyl (C=O) groups is 1. The maximum atomic E-state index is 12.0. The van der Waals surface area contributed by atoms with E-state index in [9.17, 15) is 4.79 Å². The fraction of sp³-hybridized carbons (Fsp3) is 0.500. The smallest absolute Gasteiger partial charge is 0.220 e. The predicted octanol–water partition coefficient (Wildman–Crippen LogP) is 2.60. The summed E-state index contributed by atoms with van der Waals surface area (Å²) in [5, 5.41) is 13.1. The number of aromatic amines is 1. The number of thiazole rings is 1. The van der Waals surface area contributed by atoms with Crippen LogP contribution < -0.4 is 5.32 Å². The molecule has 0 spiro atoms. The van der Waals surface area contributed by atoms with Crippen molar-refractivity contribution in [2.24, 2.45) is 0 Å². The number of nitrogens with one attached hydrogen (secondary N) is 2. The van der Waals surface area contributed by atoms with Crippen LogP contribution in [0.4, 0.5) is 0 Å². The Morgan fingerprint density at radius 3 is 2.75 bits per heavy atom. The van der Waals surface area contributed by atoms with Crippen LogP contribution >= 0.6 is 11.3 Å². The summed E-state index contributed by atoms with van der Waals surface area (Å²) in [7, 11) is 0. The molecular formula is C14H20N4OS. The highest BCUT2D eigenvalue weighted by molar-refractivity contribution is 7.09. The molecule has 2 heterocycles. The summed E-state index contributed by atoms with van der Waals surface area (Å²) < 4.78 is 0. The Kier molecular flexibility index (Phi) is 4.54. The van der Waals surface area contributed by atoms with Crippen molar-refractivity contribution in [3.63, 3.8) is 0 Å². The highest BCUT2D eigenvalue weighted by atomic mass is 32.1. The number of aromatic nitrogens is 3. The second-order valence-electron chi connectivity index (χ2n) is 5.00. The van der Waals surface area contributed by atoms with Gasteiger partial charge in [0.25, 0.3) is 0 Å². The van der Waals surface area contributed by atoms with Gasteiger partial charge in [-0.1, -0.05) is 0 Å². The molecule has 0 aliphatic rings. The molecule has 0 aliphatic carbocycles. The number of amides is 1. The van der Waals surface area contributed by atoms with Crippen molar-refractivity contribution in [2.45, 2.75) is 46.6 Å². The van der Waals surface area contributed by atoms with Gasteiger partial charge in [-0.3, -0.25) is 9.89 Å². The topological polar surface area (TPSA) is 70.7 Å². The van der Waals surface area contributed by atoms with Crippen molar-refractivity contribution in [1.29, 1.82) is 0 Å². The monoisotopic (exact) mass is 292 g/mol. The number of aryl methyl sites for hydroxylation is 3. The minimum Gasteiger partial charge on any atom is -0.348 e. The lowest BCUT2D eigenvalue weighted by Gasteiger charge is -2.11. The highest BCUT2D eigenvalue weighted by Crippen LogP contribution is 2.16. The van der Waals surface area contributed by atoms with Crippen LogP contribution in [0.2, 0.25) is 0 Å². The first kappa shape index (κ1) is 14.7. The summed E-state index contributed by atoms with van der Waals surface area (Å²) in [5.74, 6) is 0.0307. The summed E-state index contributed by atoms with van der Waals surface area (Å²) in [6, 6.07) is -0.0468. The molecular weight excluding hydrogens is 272 g/mol. The van der Waals surface area contributed by atoms with Gasteiger partial charge >= 0.3 is 0 Å². The standard InChI is InChI=1S/C14H20N4OS/c1-8-9(2)17-18-12(8)5-6-14(19)15-10(3)13-7-20-11(4)16-13/h7,10H,5-6H2,1-4H3,(H,15,19)(H,17,18)/t10-/m0/s1. The van der Waals surface area contributed by atoms with Gasteiger partial charge in [0.05, 0.1) is 22.4 Å². The third-order valence-electron chi connectivity index (χ3n) is 3.40. The zero-order valence-corrected chi connectivity index (χ0v) is 13.1. The number of H-pyrrole nitrogens is 1. The van der Waals surface area contributed by atoms with Gasteiger partial charge in [-0.2, -0.15) is 5.10 Å². The molecule has 6 heteroatoms. The first-order valence-corrected chi connectivity index (χ1v) is 7.57. The number of hydrogen-bond acceptors (Lipinski definition) is 4. The second kappa shape index (κ2) is 6.17. The van der Waals surface area contributed by atoms with E-state index in [-0.39, 0.29) is 11.9 Å². The minimum absolute atomic E-state index is 0.0307. The van der Waals surface area contributed by atoms with Gasteiger partial charge in [0.2, 0.25) is 5.91 Å². The number of nitrogens with zero attached hydrogens (tertiary/aromatic N) is 2. The molecule has 2 N–H and O–H groups in total. The van der Waals surface area contributed by atoms with Crippen LogP contribution in [0.1, 0.15) is 47.0 Å². The Balaban J connectivity index is 1.85. The zero-order chi connectivity index (χ0) is 14.7. The number of hydrogen-bond donors (Lipinski definition) is 2. The third-order valence-corrected chi connectivity index (χ3v) is 4.19. The van der Waals surface area contributed by atoms with E-state index in [1.54, 1.807) is 11.3 Å². The largest absolute Gasteiger partial charge is 0.348 e. The van der Waals surface area contributed by atoms with Crippen LogP contribution in [-0.4, -0.2) is 21.1 Å². The third kappa shape index (κ3) is 3.45. The molecule has 108 valence electrons. The van der Waals surface area contributed by atoms with Crippen LogP contribution in [0.25, 0.3) is 0 Å². The maximum Gasteiger partial charge on any atom is 0.220 e. The summed E-state index contributed by atoms with van der Waals surface area (Å²) in [4.78, 5) is 16.3. The molecule has 2 aromatic heterocycles. The molecule has 0 radical (unpaired) electrons. The Labute approximate surface area is 122 Å². The van der Waals surface area contributed by atoms with Crippen LogP contribution in [-0.2, 0) is 11.2 Å². The van der Waals surface area contributed by atoms with Gasteiger partial charge < -0.3 is 5.32 Å². The van der Waals surface area contributed by atoms with Crippen molar-refractivity contribution >= 4 is 17.2 Å². The van der Waals surface area contributed by atoms with E-state index in [1.807, 2.05) is 33.1 Å². The molecule has 0 aliphatic heterocycles. The van der Waals surface area contributed by atoms with E-state index in [1.165, 1.54) is 0 Å². The van der Waals surface area contributed by atoms with Crippen molar-refractivity contribution in [1.82, 2.24) is 20.5 Å². The molecule has 2 aromatic rings. The van der Waals surface area contributed by atoms with Crippen molar-refractivity contribution in [3.8, 4) is 0 Å². The summed E-state index contributed by atoms with van der Waals surface area (Å²) >= 11 is 1.60. The fourth-order valence-electron chi connectivity index (χ4n) is 1.98. The van der Waals surface area contributed by atoms with E-state index < -0.39 is 0 Å². The summed E-state index contributed by atoms with van der Waals surface area (Å²) in [5.41, 5.74) is 4.09. The van der Waals surface area contributed by atoms with Gasteiger partial charge in [0, 0.05) is 23.9 Å². The maximum absolute atomic E-state index is 12.0. The normalized spacial score (nSPS) is 12.4. The molecule has 1 amide bonds. The second-order valence-corrected chi connectivity index (χ2v) is 6.06. The molecule has 0 bridgehead atoms. The average Bonchev–Trinajstić information content (AvgIpc) is 2.96. The van der Waals surface area contributed by atoms with Gasteiger partial charge in [-0.05, 0) is 33.3 Å². The molecule has 0 unspecified atom stereocenters. The minimum atomic E-state index is -0.0468. The Morgan fingerprint density at radius 2 is 2.20 bits per heavy atom. The van der Waals surface area contributed by atoms with Crippen molar-refractivity contribution < 1.29 is 4.79 Å². The molecule has 1 atom stereocenters. The Hall–Kier alpha value is -1.69. The van der Waals surface area contributed by atoms with Gasteiger partial charge in [-0.15, -0.1) is 11.3 Å². The van der Waals surface area contributed by atoms with E-state index in [2.05, 4.69) is 20.5 Å². The van der Waals surface area contributed by atoms with Gasteiger partial charge in [0.1, 0.15) is 0 Å². The van der Waals surface area contributed by atoms with Crippen molar-refractivity contribution in [2.75, 3.05) is 0 Å². The summed E-state index contributed by atoms with van der Waals surface area (Å²) in [6.07, 6.45) is 1.10. The quantitative estimate of drug-likeness (QED) is 0.890. The van der Waals surface area contributed by atoms with Crippen LogP contribution in [0.3, 0.4) is 0 Å². The first-order chi connectivity index (χ1) is 9.47. The molecule has 0 saturated carbocycles. The van der Waals surface area contributed by atoms with Crippen LogP contribution in [0.15, 0.2) is 5.38 Å². The molecule has 2 rings (SSSR count). The number of rotatable bonds is 5. The predicted molar refractivity (Wildman–Crippen MR) is 79.8 cm³/mol. The molecule has 0 saturated heterocycles. The average molecular weight is 292 g/mol. The number of carbonyl (C=O) groups excluding carboxylic acids is 1. The van der Waals surface area contributed by atoms with E-state index in [4.69, 9.17) is 0 Å². The van der Waals surface area contributed by atoms with E-state index in [0.717, 1.165) is 27.7 Å². The summed E-state index contributed by atoms with van der Waals surface area (Å²) in [6.45, 7) is 7.92. The lowest BCUT2D eigenvalue weighted by Crippen LogP contribution is -2.27. The fourth-order valence-corrected chi connectivity index (χ4v) is 2.68. The molecule has 20 heavy (non-hydrogen) atoms. The molecule has 5 nitrogen and oxygen atoms in total. The lowest BCUT2D eigenvalue weighted by molar-refractivity contribution is -0.121. The molecule has 0 aromatic carbocycles. The van der Waals surface area contributed by atoms with Crippen LogP contribution in [0.5, 0.6) is 0 Å². The van der Waals surface area contributed by atoms with E-state index >= 15 is 0 Å². The first-order valence-electron chi connectivity index (χ1n) is 6.69. The zero-order valence-electron chi connectivity index (χ0n) is 12.3. The van der Waals surface area contributed by atoms with E-state index in [0.29, 0.717) is 12.8 Å².